The molecule has 5 heteroatoms. The van der Waals surface area contributed by atoms with E-state index in [4.69, 9.17) is 0 Å². The number of carbonyl (C=O) groups is 2. The Balaban J connectivity index is 2.11. The smallest absolute Gasteiger partial charge is 0.254 e. The summed E-state index contributed by atoms with van der Waals surface area (Å²) in [5.74, 6) is -0.262. The standard InChI is InChI=1S/C17H24N2O3/c1-2-14(12-20)18-16(21)15-10-6-7-11-19(15)17(22)13-8-4-3-5-9-13/h3-5,8-9,14-15,20H,2,6-7,10-12H2,1H3,(H,18,21). The topological polar surface area (TPSA) is 69.6 Å². The minimum absolute atomic E-state index is 0.0818. The van der Waals surface area contributed by atoms with E-state index in [-0.39, 0.29) is 24.5 Å². The molecule has 2 atom stereocenters. The van der Waals surface area contributed by atoms with E-state index in [0.29, 0.717) is 24.9 Å². The Labute approximate surface area is 131 Å². The molecule has 1 aliphatic rings. The van der Waals surface area contributed by atoms with E-state index in [2.05, 4.69) is 5.32 Å². The first-order chi connectivity index (χ1) is 10.7. The van der Waals surface area contributed by atoms with Gasteiger partial charge in [0.1, 0.15) is 6.04 Å². The van der Waals surface area contributed by atoms with Gasteiger partial charge >= 0.3 is 0 Å². The van der Waals surface area contributed by atoms with Crippen molar-refractivity contribution < 1.29 is 14.7 Å². The molecule has 2 rings (SSSR count). The fourth-order valence-corrected chi connectivity index (χ4v) is 2.77. The van der Waals surface area contributed by atoms with Crippen LogP contribution in [-0.4, -0.2) is 47.1 Å². The van der Waals surface area contributed by atoms with E-state index in [1.807, 2.05) is 25.1 Å². The third kappa shape index (κ3) is 3.85. The number of likely N-dealkylation sites (tertiary alicyclic amines) is 1. The maximum Gasteiger partial charge on any atom is 0.254 e. The van der Waals surface area contributed by atoms with Gasteiger partial charge in [-0.3, -0.25) is 9.59 Å². The van der Waals surface area contributed by atoms with Gasteiger partial charge in [-0.05, 0) is 37.8 Å². The van der Waals surface area contributed by atoms with Crippen LogP contribution in [0, 0.1) is 0 Å². The summed E-state index contributed by atoms with van der Waals surface area (Å²) in [5.41, 5.74) is 0.608. The van der Waals surface area contributed by atoms with Crippen molar-refractivity contribution in [3.05, 3.63) is 35.9 Å². The second-order valence-electron chi connectivity index (χ2n) is 5.67. The van der Waals surface area contributed by atoms with Gasteiger partial charge in [-0.1, -0.05) is 25.1 Å². The lowest BCUT2D eigenvalue weighted by Crippen LogP contribution is -2.54. The van der Waals surface area contributed by atoms with Crippen molar-refractivity contribution in [1.82, 2.24) is 10.2 Å². The average Bonchev–Trinajstić information content (AvgIpc) is 2.59. The van der Waals surface area contributed by atoms with Gasteiger partial charge in [-0.2, -0.15) is 0 Å². The van der Waals surface area contributed by atoms with E-state index >= 15 is 0 Å². The first-order valence-corrected chi connectivity index (χ1v) is 7.94. The molecule has 1 heterocycles. The highest BCUT2D eigenvalue weighted by atomic mass is 16.3. The molecule has 5 nitrogen and oxygen atoms in total. The van der Waals surface area contributed by atoms with Gasteiger partial charge in [-0.15, -0.1) is 0 Å². The van der Waals surface area contributed by atoms with Gasteiger partial charge in [-0.25, -0.2) is 0 Å². The molecule has 0 aromatic heterocycles. The predicted octanol–water partition coefficient (Wildman–Crippen LogP) is 1.57. The molecule has 1 fully saturated rings. The Morgan fingerprint density at radius 2 is 2.05 bits per heavy atom. The zero-order chi connectivity index (χ0) is 15.9. The molecule has 2 unspecified atom stereocenters. The lowest BCUT2D eigenvalue weighted by molar-refractivity contribution is -0.127. The number of carbonyl (C=O) groups excluding carboxylic acids is 2. The van der Waals surface area contributed by atoms with Crippen LogP contribution in [-0.2, 0) is 4.79 Å². The van der Waals surface area contributed by atoms with Crippen LogP contribution in [0.5, 0.6) is 0 Å². The number of amides is 2. The normalized spacial score (nSPS) is 19.5. The molecule has 0 saturated carbocycles. The summed E-state index contributed by atoms with van der Waals surface area (Å²) in [4.78, 5) is 26.8. The van der Waals surface area contributed by atoms with E-state index in [0.717, 1.165) is 12.8 Å². The molecular weight excluding hydrogens is 280 g/mol. The highest BCUT2D eigenvalue weighted by Gasteiger charge is 2.33. The monoisotopic (exact) mass is 304 g/mol. The number of piperidine rings is 1. The molecule has 1 aliphatic heterocycles. The summed E-state index contributed by atoms with van der Waals surface area (Å²) in [6, 6.07) is 8.37. The van der Waals surface area contributed by atoms with Crippen molar-refractivity contribution in [3.63, 3.8) is 0 Å². The molecule has 0 bridgehead atoms. The lowest BCUT2D eigenvalue weighted by Gasteiger charge is -2.35. The minimum Gasteiger partial charge on any atom is -0.394 e. The first-order valence-electron chi connectivity index (χ1n) is 7.94. The third-order valence-corrected chi connectivity index (χ3v) is 4.15. The Kier molecular flexibility index (Phi) is 5.95. The third-order valence-electron chi connectivity index (χ3n) is 4.15. The largest absolute Gasteiger partial charge is 0.394 e. The van der Waals surface area contributed by atoms with Crippen LogP contribution in [0.2, 0.25) is 0 Å². The van der Waals surface area contributed by atoms with E-state index in [1.165, 1.54) is 0 Å². The van der Waals surface area contributed by atoms with Gasteiger partial charge in [0, 0.05) is 12.1 Å². The molecule has 1 saturated heterocycles. The number of nitrogens with zero attached hydrogens (tertiary/aromatic N) is 1. The molecule has 1 aromatic carbocycles. The maximum absolute atomic E-state index is 12.6. The quantitative estimate of drug-likeness (QED) is 0.867. The van der Waals surface area contributed by atoms with Crippen LogP contribution in [0.3, 0.4) is 0 Å². The van der Waals surface area contributed by atoms with E-state index < -0.39 is 6.04 Å². The van der Waals surface area contributed by atoms with Crippen molar-refractivity contribution in [1.29, 1.82) is 0 Å². The number of aliphatic hydroxyl groups is 1. The second-order valence-corrected chi connectivity index (χ2v) is 5.67. The summed E-state index contributed by atoms with van der Waals surface area (Å²) < 4.78 is 0. The van der Waals surface area contributed by atoms with Crippen molar-refractivity contribution in [2.24, 2.45) is 0 Å². The van der Waals surface area contributed by atoms with Crippen molar-refractivity contribution in [3.8, 4) is 0 Å². The summed E-state index contributed by atoms with van der Waals surface area (Å²) in [6.45, 7) is 2.43. The SMILES string of the molecule is CCC(CO)NC(=O)C1CCCCN1C(=O)c1ccccc1. The summed E-state index contributed by atoms with van der Waals surface area (Å²) in [6.07, 6.45) is 3.19. The zero-order valence-electron chi connectivity index (χ0n) is 13.0. The summed E-state index contributed by atoms with van der Waals surface area (Å²) >= 11 is 0. The molecule has 22 heavy (non-hydrogen) atoms. The summed E-state index contributed by atoms with van der Waals surface area (Å²) in [5, 5.41) is 12.1. The summed E-state index contributed by atoms with van der Waals surface area (Å²) in [7, 11) is 0. The Hall–Kier alpha value is -1.88. The Morgan fingerprint density at radius 1 is 1.32 bits per heavy atom. The minimum atomic E-state index is -0.443. The highest BCUT2D eigenvalue weighted by Crippen LogP contribution is 2.20. The molecular formula is C17H24N2O3. The zero-order valence-corrected chi connectivity index (χ0v) is 13.0. The number of nitrogens with one attached hydrogen (secondary N) is 1. The fraction of sp³-hybridized carbons (Fsp3) is 0.529. The number of hydrogen-bond acceptors (Lipinski definition) is 3. The highest BCUT2D eigenvalue weighted by molar-refractivity contribution is 5.97. The fourth-order valence-electron chi connectivity index (χ4n) is 2.77. The molecule has 1 aromatic rings. The molecule has 0 aliphatic carbocycles. The first kappa shape index (κ1) is 16.5. The van der Waals surface area contributed by atoms with Gasteiger partial charge < -0.3 is 15.3 Å². The van der Waals surface area contributed by atoms with Gasteiger partial charge in [0.25, 0.3) is 5.91 Å². The predicted molar refractivity (Wildman–Crippen MR) is 84.4 cm³/mol. The van der Waals surface area contributed by atoms with E-state index in [1.54, 1.807) is 17.0 Å². The molecule has 2 N–H and O–H groups in total. The molecule has 0 spiro atoms. The van der Waals surface area contributed by atoms with Crippen LogP contribution in [0.4, 0.5) is 0 Å². The van der Waals surface area contributed by atoms with Crippen LogP contribution in [0.25, 0.3) is 0 Å². The number of benzene rings is 1. The van der Waals surface area contributed by atoms with Crippen molar-refractivity contribution in [2.75, 3.05) is 13.2 Å². The molecule has 0 radical (unpaired) electrons. The Bertz CT molecular complexity index is 500. The van der Waals surface area contributed by atoms with Crippen molar-refractivity contribution >= 4 is 11.8 Å². The van der Waals surface area contributed by atoms with Crippen LogP contribution < -0.4 is 5.32 Å². The van der Waals surface area contributed by atoms with Gasteiger partial charge in [0.2, 0.25) is 5.91 Å². The maximum atomic E-state index is 12.6. The van der Waals surface area contributed by atoms with Gasteiger partial charge in [0.05, 0.1) is 12.6 Å². The Morgan fingerprint density at radius 3 is 2.68 bits per heavy atom. The van der Waals surface area contributed by atoms with Crippen LogP contribution >= 0.6 is 0 Å². The molecule has 120 valence electrons. The average molecular weight is 304 g/mol. The number of aliphatic hydroxyl groups excluding tert-OH is 1. The van der Waals surface area contributed by atoms with Crippen LogP contribution in [0.1, 0.15) is 43.0 Å². The second kappa shape index (κ2) is 7.94. The lowest BCUT2D eigenvalue weighted by atomic mass is 9.99. The van der Waals surface area contributed by atoms with Gasteiger partial charge in [0.15, 0.2) is 0 Å². The number of rotatable bonds is 5. The number of hydrogen-bond donors (Lipinski definition) is 2. The molecule has 2 amide bonds. The van der Waals surface area contributed by atoms with Crippen LogP contribution in [0.15, 0.2) is 30.3 Å². The van der Waals surface area contributed by atoms with E-state index in [9.17, 15) is 14.7 Å². The van der Waals surface area contributed by atoms with Crippen molar-refractivity contribution in [2.45, 2.75) is 44.7 Å².